The van der Waals surface area contributed by atoms with Gasteiger partial charge in [0.1, 0.15) is 10.1 Å². The number of amides is 1. The SMILES string of the molecule is CC(C)COc1ccccc1/C=C1\SC(=S)NC1=O. The topological polar surface area (TPSA) is 38.3 Å². The molecule has 1 aliphatic rings. The van der Waals surface area contributed by atoms with Crippen LogP contribution in [0, 0.1) is 5.92 Å². The summed E-state index contributed by atoms with van der Waals surface area (Å²) < 4.78 is 6.25. The molecular weight excluding hydrogens is 278 g/mol. The molecule has 19 heavy (non-hydrogen) atoms. The molecule has 5 heteroatoms. The Balaban J connectivity index is 2.22. The highest BCUT2D eigenvalue weighted by Crippen LogP contribution is 2.29. The molecule has 1 fully saturated rings. The third-order valence-corrected chi connectivity index (χ3v) is 3.58. The maximum absolute atomic E-state index is 11.6. The lowest BCUT2D eigenvalue weighted by Crippen LogP contribution is -2.17. The second kappa shape index (κ2) is 6.21. The van der Waals surface area contributed by atoms with Crippen molar-refractivity contribution in [2.75, 3.05) is 6.61 Å². The Morgan fingerprint density at radius 2 is 2.16 bits per heavy atom. The number of para-hydroxylation sites is 1. The van der Waals surface area contributed by atoms with E-state index in [1.54, 1.807) is 0 Å². The molecule has 1 N–H and O–H groups in total. The molecule has 3 nitrogen and oxygen atoms in total. The van der Waals surface area contributed by atoms with Gasteiger partial charge in [0.05, 0.1) is 11.5 Å². The van der Waals surface area contributed by atoms with E-state index in [0.29, 0.717) is 21.8 Å². The number of nitrogens with one attached hydrogen (secondary N) is 1. The third-order valence-electron chi connectivity index (χ3n) is 2.42. The first kappa shape index (κ1) is 14.1. The lowest BCUT2D eigenvalue weighted by molar-refractivity contribution is -0.115. The molecule has 1 amide bonds. The van der Waals surface area contributed by atoms with E-state index >= 15 is 0 Å². The zero-order chi connectivity index (χ0) is 13.8. The molecule has 0 unspecified atom stereocenters. The fourth-order valence-corrected chi connectivity index (χ4v) is 2.59. The Labute approximate surface area is 122 Å². The van der Waals surface area contributed by atoms with E-state index in [9.17, 15) is 4.79 Å². The van der Waals surface area contributed by atoms with E-state index in [-0.39, 0.29) is 5.91 Å². The minimum atomic E-state index is -0.145. The van der Waals surface area contributed by atoms with Gasteiger partial charge in [-0.05, 0) is 18.1 Å². The van der Waals surface area contributed by atoms with Crippen LogP contribution in [0.5, 0.6) is 5.75 Å². The summed E-state index contributed by atoms with van der Waals surface area (Å²) in [5.74, 6) is 1.10. The molecule has 2 rings (SSSR count). The fraction of sp³-hybridized carbons (Fsp3) is 0.286. The first-order chi connectivity index (χ1) is 9.06. The van der Waals surface area contributed by atoms with E-state index in [2.05, 4.69) is 19.2 Å². The number of hydrogen-bond acceptors (Lipinski definition) is 4. The van der Waals surface area contributed by atoms with E-state index in [0.717, 1.165) is 11.3 Å². The Hall–Kier alpha value is -1.33. The minimum Gasteiger partial charge on any atom is -0.493 e. The van der Waals surface area contributed by atoms with Gasteiger partial charge in [-0.15, -0.1) is 0 Å². The van der Waals surface area contributed by atoms with Gasteiger partial charge >= 0.3 is 0 Å². The summed E-state index contributed by atoms with van der Waals surface area (Å²) in [4.78, 5) is 12.2. The quantitative estimate of drug-likeness (QED) is 0.683. The molecule has 0 atom stereocenters. The average molecular weight is 293 g/mol. The number of thiocarbonyl (C=S) groups is 1. The highest BCUT2D eigenvalue weighted by atomic mass is 32.2. The van der Waals surface area contributed by atoms with Crippen molar-refractivity contribution in [3.8, 4) is 5.75 Å². The number of thioether (sulfide) groups is 1. The molecular formula is C14H15NO2S2. The zero-order valence-corrected chi connectivity index (χ0v) is 12.4. The number of carbonyl (C=O) groups excluding carboxylic acids is 1. The molecule has 0 bridgehead atoms. The fourth-order valence-electron chi connectivity index (χ4n) is 1.55. The van der Waals surface area contributed by atoms with Crippen LogP contribution in [0.4, 0.5) is 0 Å². The first-order valence-electron chi connectivity index (χ1n) is 6.03. The van der Waals surface area contributed by atoms with Gasteiger partial charge < -0.3 is 10.1 Å². The molecule has 1 saturated heterocycles. The van der Waals surface area contributed by atoms with Gasteiger partial charge in [0.15, 0.2) is 0 Å². The van der Waals surface area contributed by atoms with Crippen LogP contribution in [-0.2, 0) is 4.79 Å². The van der Waals surface area contributed by atoms with Gasteiger partial charge in [-0.25, -0.2) is 0 Å². The molecule has 1 aromatic rings. The van der Waals surface area contributed by atoms with Crippen molar-refractivity contribution in [2.45, 2.75) is 13.8 Å². The molecule has 0 aliphatic carbocycles. The maximum Gasteiger partial charge on any atom is 0.263 e. The smallest absolute Gasteiger partial charge is 0.263 e. The third kappa shape index (κ3) is 3.81. The Kier molecular flexibility index (Phi) is 4.61. The highest BCUT2D eigenvalue weighted by molar-refractivity contribution is 8.26. The summed E-state index contributed by atoms with van der Waals surface area (Å²) in [6.45, 7) is 4.84. The molecule has 1 heterocycles. The van der Waals surface area contributed by atoms with Crippen LogP contribution in [0.25, 0.3) is 6.08 Å². The molecule has 1 aromatic carbocycles. The van der Waals surface area contributed by atoms with Gasteiger partial charge in [0.25, 0.3) is 5.91 Å². The summed E-state index contributed by atoms with van der Waals surface area (Å²) in [6, 6.07) is 7.68. The lowest BCUT2D eigenvalue weighted by atomic mass is 10.2. The highest BCUT2D eigenvalue weighted by Gasteiger charge is 2.22. The number of benzene rings is 1. The van der Waals surface area contributed by atoms with E-state index in [1.807, 2.05) is 30.3 Å². The zero-order valence-electron chi connectivity index (χ0n) is 10.8. The predicted molar refractivity (Wildman–Crippen MR) is 83.1 cm³/mol. The van der Waals surface area contributed by atoms with Crippen LogP contribution >= 0.6 is 24.0 Å². The van der Waals surface area contributed by atoms with Crippen LogP contribution in [-0.4, -0.2) is 16.8 Å². The molecule has 0 saturated carbocycles. The van der Waals surface area contributed by atoms with Gasteiger partial charge in [-0.3, -0.25) is 4.79 Å². The van der Waals surface area contributed by atoms with Gasteiger partial charge in [0.2, 0.25) is 0 Å². The summed E-state index contributed by atoms with van der Waals surface area (Å²) in [5.41, 5.74) is 0.894. The summed E-state index contributed by atoms with van der Waals surface area (Å²) in [7, 11) is 0. The van der Waals surface area contributed by atoms with Crippen molar-refractivity contribution in [2.24, 2.45) is 5.92 Å². The van der Waals surface area contributed by atoms with Gasteiger partial charge in [-0.2, -0.15) is 0 Å². The van der Waals surface area contributed by atoms with Gasteiger partial charge in [-0.1, -0.05) is 56.0 Å². The van der Waals surface area contributed by atoms with E-state index in [4.69, 9.17) is 17.0 Å². The Bertz CT molecular complexity index is 538. The normalized spacial score (nSPS) is 17.1. The van der Waals surface area contributed by atoms with E-state index < -0.39 is 0 Å². The lowest BCUT2D eigenvalue weighted by Gasteiger charge is -2.11. The summed E-state index contributed by atoms with van der Waals surface area (Å²) in [6.07, 6.45) is 1.81. The van der Waals surface area contributed by atoms with Crippen molar-refractivity contribution in [1.82, 2.24) is 5.32 Å². The van der Waals surface area contributed by atoms with Crippen LogP contribution in [0.3, 0.4) is 0 Å². The number of ether oxygens (including phenoxy) is 1. The van der Waals surface area contributed by atoms with Crippen molar-refractivity contribution in [1.29, 1.82) is 0 Å². The first-order valence-corrected chi connectivity index (χ1v) is 7.25. The van der Waals surface area contributed by atoms with Crippen molar-refractivity contribution < 1.29 is 9.53 Å². The van der Waals surface area contributed by atoms with Crippen LogP contribution in [0.2, 0.25) is 0 Å². The molecule has 0 aromatic heterocycles. The number of rotatable bonds is 4. The maximum atomic E-state index is 11.6. The Morgan fingerprint density at radius 1 is 1.42 bits per heavy atom. The molecule has 0 radical (unpaired) electrons. The monoisotopic (exact) mass is 293 g/mol. The minimum absolute atomic E-state index is 0.145. The number of hydrogen-bond donors (Lipinski definition) is 1. The van der Waals surface area contributed by atoms with E-state index in [1.165, 1.54) is 11.8 Å². The predicted octanol–water partition coefficient (Wildman–Crippen LogP) is 3.21. The average Bonchev–Trinajstić information content (AvgIpc) is 2.67. The summed E-state index contributed by atoms with van der Waals surface area (Å²) >= 11 is 6.24. The van der Waals surface area contributed by atoms with Crippen molar-refractivity contribution in [3.63, 3.8) is 0 Å². The molecule has 0 spiro atoms. The van der Waals surface area contributed by atoms with Crippen molar-refractivity contribution in [3.05, 3.63) is 34.7 Å². The largest absolute Gasteiger partial charge is 0.493 e. The van der Waals surface area contributed by atoms with Crippen LogP contribution in [0.1, 0.15) is 19.4 Å². The Morgan fingerprint density at radius 3 is 2.79 bits per heavy atom. The van der Waals surface area contributed by atoms with Crippen LogP contribution in [0.15, 0.2) is 29.2 Å². The summed E-state index contributed by atoms with van der Waals surface area (Å²) in [5, 5.41) is 2.60. The second-order valence-electron chi connectivity index (χ2n) is 4.59. The number of carbonyl (C=O) groups is 1. The standard InChI is InChI=1S/C14H15NO2S2/c1-9(2)8-17-11-6-4-3-5-10(11)7-12-13(16)15-14(18)19-12/h3-7,9H,8H2,1-2H3,(H,15,16,18)/b12-7-. The second-order valence-corrected chi connectivity index (χ2v) is 6.31. The molecule has 100 valence electrons. The molecule has 1 aliphatic heterocycles. The van der Waals surface area contributed by atoms with Crippen LogP contribution < -0.4 is 10.1 Å². The van der Waals surface area contributed by atoms with Crippen molar-refractivity contribution >= 4 is 40.3 Å². The van der Waals surface area contributed by atoms with Gasteiger partial charge in [0, 0.05) is 5.56 Å².